The number of nitrogens with zero attached hydrogens (tertiary/aromatic N) is 2. The summed E-state index contributed by atoms with van der Waals surface area (Å²) >= 11 is 5.98. The van der Waals surface area contributed by atoms with Gasteiger partial charge in [-0.25, -0.2) is 9.29 Å². The van der Waals surface area contributed by atoms with Gasteiger partial charge >= 0.3 is 0 Å². The van der Waals surface area contributed by atoms with Gasteiger partial charge in [-0.2, -0.15) is 0 Å². The fourth-order valence-electron chi connectivity index (χ4n) is 5.41. The average molecular weight is 488 g/mol. The van der Waals surface area contributed by atoms with Crippen molar-refractivity contribution in [3.8, 4) is 0 Å². The smallest absolute Gasteiger partial charge is 0.247 e. The van der Waals surface area contributed by atoms with Gasteiger partial charge in [0.2, 0.25) is 17.7 Å². The van der Waals surface area contributed by atoms with Crippen LogP contribution in [0.15, 0.2) is 78.9 Å². The largest absolute Gasteiger partial charge is 0.351 e. The molecule has 0 bridgehead atoms. The maximum atomic E-state index is 13.7. The average Bonchev–Trinajstić information content (AvgIpc) is 3.34. The van der Waals surface area contributed by atoms with Gasteiger partial charge in [-0.1, -0.05) is 42.0 Å². The van der Waals surface area contributed by atoms with Crippen LogP contribution in [0.2, 0.25) is 5.02 Å². The molecule has 174 valence electrons. The second-order valence-corrected chi connectivity index (χ2v) is 9.23. The maximum Gasteiger partial charge on any atom is 0.247 e. The molecule has 0 spiro atoms. The number of rotatable bonds is 3. The standard InChI is InChI=1S/C27H19ClFN3O3/c28-16-6-10-18(11-7-16)30-25(33)24-23-22(21-14-5-15-3-1-2-4-20(15)32(21)24)26(34)31(27(23)35)19-12-8-17(29)9-13-19/h1-14,21-24H,(H,30,33). The molecule has 4 atom stereocenters. The number of nitrogens with one attached hydrogen (secondary N) is 1. The van der Waals surface area contributed by atoms with E-state index >= 15 is 0 Å². The first-order valence-corrected chi connectivity index (χ1v) is 11.6. The van der Waals surface area contributed by atoms with Gasteiger partial charge in [0.1, 0.15) is 11.9 Å². The minimum absolute atomic E-state index is 0.291. The Balaban J connectivity index is 1.43. The summed E-state index contributed by atoms with van der Waals surface area (Å²) in [5, 5.41) is 3.42. The number of fused-ring (bicyclic) bond motifs is 5. The Morgan fingerprint density at radius 2 is 1.57 bits per heavy atom. The predicted octanol–water partition coefficient (Wildman–Crippen LogP) is 4.51. The number of imide groups is 1. The molecule has 3 heterocycles. The summed E-state index contributed by atoms with van der Waals surface area (Å²) in [6.07, 6.45) is 3.81. The molecule has 0 saturated carbocycles. The summed E-state index contributed by atoms with van der Waals surface area (Å²) in [5.41, 5.74) is 2.52. The van der Waals surface area contributed by atoms with Crippen molar-refractivity contribution in [1.82, 2.24) is 0 Å². The van der Waals surface area contributed by atoms with Crippen molar-refractivity contribution in [1.29, 1.82) is 0 Å². The number of halogens is 2. The van der Waals surface area contributed by atoms with E-state index in [2.05, 4.69) is 5.32 Å². The molecule has 3 aliphatic rings. The monoisotopic (exact) mass is 487 g/mol. The van der Waals surface area contributed by atoms with Crippen molar-refractivity contribution in [3.63, 3.8) is 0 Å². The summed E-state index contributed by atoms with van der Waals surface area (Å²) in [6.45, 7) is 0. The molecule has 3 amide bonds. The Hall–Kier alpha value is -3.97. The van der Waals surface area contributed by atoms with E-state index in [0.29, 0.717) is 16.4 Å². The molecule has 4 unspecified atom stereocenters. The third-order valence-electron chi connectivity index (χ3n) is 6.88. The summed E-state index contributed by atoms with van der Waals surface area (Å²) < 4.78 is 13.5. The Labute approximate surface area is 205 Å². The van der Waals surface area contributed by atoms with Gasteiger partial charge in [0, 0.05) is 16.4 Å². The number of hydrogen-bond donors (Lipinski definition) is 1. The molecule has 0 aliphatic carbocycles. The molecule has 0 radical (unpaired) electrons. The lowest BCUT2D eigenvalue weighted by molar-refractivity contribution is -0.126. The number of carbonyl (C=O) groups is 3. The van der Waals surface area contributed by atoms with Crippen LogP contribution in [0.5, 0.6) is 0 Å². The maximum absolute atomic E-state index is 13.7. The lowest BCUT2D eigenvalue weighted by Gasteiger charge is -2.36. The van der Waals surface area contributed by atoms with Crippen LogP contribution < -0.4 is 15.1 Å². The highest BCUT2D eigenvalue weighted by Gasteiger charge is 2.64. The normalized spacial score (nSPS) is 24.3. The van der Waals surface area contributed by atoms with Gasteiger partial charge in [-0.3, -0.25) is 14.4 Å². The van der Waals surface area contributed by atoms with E-state index in [9.17, 15) is 18.8 Å². The zero-order valence-corrected chi connectivity index (χ0v) is 19.0. The molecule has 35 heavy (non-hydrogen) atoms. The first-order valence-electron chi connectivity index (χ1n) is 11.2. The molecular formula is C27H19ClFN3O3. The molecular weight excluding hydrogens is 469 g/mol. The lowest BCUT2D eigenvalue weighted by atomic mass is 9.88. The number of carbonyl (C=O) groups excluding carboxylic acids is 3. The van der Waals surface area contributed by atoms with Crippen molar-refractivity contribution in [2.24, 2.45) is 11.8 Å². The highest BCUT2D eigenvalue weighted by molar-refractivity contribution is 6.30. The van der Waals surface area contributed by atoms with E-state index in [1.54, 1.807) is 24.3 Å². The third kappa shape index (κ3) is 3.34. The van der Waals surface area contributed by atoms with Crippen LogP contribution in [-0.2, 0) is 14.4 Å². The second-order valence-electron chi connectivity index (χ2n) is 8.80. The van der Waals surface area contributed by atoms with Gasteiger partial charge in [-0.05, 0) is 60.2 Å². The van der Waals surface area contributed by atoms with E-state index < -0.39 is 47.5 Å². The Bertz CT molecular complexity index is 1390. The van der Waals surface area contributed by atoms with Crippen LogP contribution in [0.1, 0.15) is 5.56 Å². The van der Waals surface area contributed by atoms with E-state index in [1.807, 2.05) is 41.3 Å². The van der Waals surface area contributed by atoms with Gasteiger partial charge in [0.15, 0.2) is 0 Å². The molecule has 3 aromatic rings. The molecule has 2 fully saturated rings. The van der Waals surface area contributed by atoms with Gasteiger partial charge in [-0.15, -0.1) is 0 Å². The quantitative estimate of drug-likeness (QED) is 0.552. The first-order chi connectivity index (χ1) is 16.9. The molecule has 1 N–H and O–H groups in total. The minimum Gasteiger partial charge on any atom is -0.351 e. The molecule has 0 aromatic heterocycles. The Morgan fingerprint density at radius 1 is 0.886 bits per heavy atom. The highest BCUT2D eigenvalue weighted by atomic mass is 35.5. The SMILES string of the molecule is O=C(Nc1ccc(Cl)cc1)C1C2C(=O)N(c3ccc(F)cc3)C(=O)C2C2C=Cc3ccccc3N21. The van der Waals surface area contributed by atoms with E-state index in [4.69, 9.17) is 11.6 Å². The molecule has 8 heteroatoms. The van der Waals surface area contributed by atoms with Crippen LogP contribution in [0.4, 0.5) is 21.5 Å². The van der Waals surface area contributed by atoms with Crippen LogP contribution in [-0.4, -0.2) is 29.8 Å². The molecule has 2 saturated heterocycles. The van der Waals surface area contributed by atoms with Crippen molar-refractivity contribution in [2.45, 2.75) is 12.1 Å². The molecule has 6 rings (SSSR count). The van der Waals surface area contributed by atoms with Crippen LogP contribution in [0.3, 0.4) is 0 Å². The third-order valence-corrected chi connectivity index (χ3v) is 7.13. The second kappa shape index (κ2) is 8.06. The summed E-state index contributed by atoms with van der Waals surface area (Å²) in [4.78, 5) is 44.0. The molecule has 6 nitrogen and oxygen atoms in total. The zero-order chi connectivity index (χ0) is 24.3. The van der Waals surface area contributed by atoms with Crippen LogP contribution in [0.25, 0.3) is 6.08 Å². The number of benzene rings is 3. The lowest BCUT2D eigenvalue weighted by Crippen LogP contribution is -2.50. The Morgan fingerprint density at radius 3 is 2.31 bits per heavy atom. The van der Waals surface area contributed by atoms with Gasteiger partial charge in [0.25, 0.3) is 0 Å². The molecule has 3 aliphatic heterocycles. The number of para-hydroxylation sites is 1. The summed E-state index contributed by atoms with van der Waals surface area (Å²) in [7, 11) is 0. The number of anilines is 3. The van der Waals surface area contributed by atoms with Crippen molar-refractivity contribution in [3.05, 3.63) is 95.3 Å². The summed E-state index contributed by atoms with van der Waals surface area (Å²) in [6, 6.07) is 18.1. The van der Waals surface area contributed by atoms with Crippen LogP contribution in [0, 0.1) is 17.7 Å². The van der Waals surface area contributed by atoms with E-state index in [0.717, 1.165) is 16.2 Å². The molecule has 3 aromatic carbocycles. The van der Waals surface area contributed by atoms with Gasteiger partial charge in [0.05, 0.1) is 23.6 Å². The Kier molecular flexibility index (Phi) is 4.96. The summed E-state index contributed by atoms with van der Waals surface area (Å²) in [5.74, 6) is -3.38. The first kappa shape index (κ1) is 21.6. The van der Waals surface area contributed by atoms with Gasteiger partial charge < -0.3 is 10.2 Å². The van der Waals surface area contributed by atoms with E-state index in [-0.39, 0.29) is 0 Å². The number of amides is 3. The van der Waals surface area contributed by atoms with E-state index in [1.165, 1.54) is 24.3 Å². The predicted molar refractivity (Wildman–Crippen MR) is 131 cm³/mol. The van der Waals surface area contributed by atoms with Crippen molar-refractivity contribution >= 4 is 52.5 Å². The fourth-order valence-corrected chi connectivity index (χ4v) is 5.53. The van der Waals surface area contributed by atoms with Crippen molar-refractivity contribution in [2.75, 3.05) is 15.1 Å². The van der Waals surface area contributed by atoms with Crippen molar-refractivity contribution < 1.29 is 18.8 Å². The zero-order valence-electron chi connectivity index (χ0n) is 18.3. The fraction of sp³-hybridized carbons (Fsp3) is 0.148. The topological polar surface area (TPSA) is 69.7 Å². The highest BCUT2D eigenvalue weighted by Crippen LogP contribution is 2.49. The van der Waals surface area contributed by atoms with Crippen LogP contribution >= 0.6 is 11.6 Å². The number of hydrogen-bond acceptors (Lipinski definition) is 4. The minimum atomic E-state index is -0.923.